The summed E-state index contributed by atoms with van der Waals surface area (Å²) in [5, 5.41) is 6.72. The van der Waals surface area contributed by atoms with E-state index in [1.165, 1.54) is 16.4 Å². The first-order valence-corrected chi connectivity index (χ1v) is 11.0. The maximum Gasteiger partial charge on any atom is 0.269 e. The summed E-state index contributed by atoms with van der Waals surface area (Å²) < 4.78 is 40.4. The molecule has 0 radical (unpaired) electrons. The smallest absolute Gasteiger partial charge is 0.269 e. The Balaban J connectivity index is 1.41. The van der Waals surface area contributed by atoms with Crippen LogP contribution in [0, 0.1) is 5.82 Å². The van der Waals surface area contributed by atoms with Crippen molar-refractivity contribution in [1.82, 2.24) is 14.6 Å². The van der Waals surface area contributed by atoms with Crippen molar-refractivity contribution >= 4 is 21.6 Å². The van der Waals surface area contributed by atoms with E-state index >= 15 is 0 Å². The molecule has 1 spiro atoms. The van der Waals surface area contributed by atoms with Crippen LogP contribution >= 0.6 is 0 Å². The Hall–Kier alpha value is -2.85. The number of pyridine rings is 1. The normalized spacial score (nSPS) is 21.8. The summed E-state index contributed by atoms with van der Waals surface area (Å²) in [7, 11) is -3.80. The highest BCUT2D eigenvalue weighted by Crippen LogP contribution is 2.35. The number of carbonyl (C=O) groups excluding carboxylic acids is 1. The number of oxime groups is 1. The summed E-state index contributed by atoms with van der Waals surface area (Å²) in [5.74, 6) is -0.854. The van der Waals surface area contributed by atoms with Crippen molar-refractivity contribution in [1.29, 1.82) is 0 Å². The van der Waals surface area contributed by atoms with Gasteiger partial charge in [-0.15, -0.1) is 0 Å². The van der Waals surface area contributed by atoms with E-state index in [1.807, 2.05) is 6.07 Å². The number of halogens is 1. The molecular formula is C20H21FN4O4S. The molecule has 0 aliphatic carbocycles. The quantitative estimate of drug-likeness (QED) is 0.777. The second kappa shape index (κ2) is 8.11. The third-order valence-electron chi connectivity index (χ3n) is 5.23. The van der Waals surface area contributed by atoms with Crippen molar-refractivity contribution in [2.45, 2.75) is 36.3 Å². The van der Waals surface area contributed by atoms with Crippen LogP contribution in [0.3, 0.4) is 0 Å². The van der Waals surface area contributed by atoms with Crippen LogP contribution in [0.2, 0.25) is 0 Å². The molecule has 1 N–H and O–H groups in total. The van der Waals surface area contributed by atoms with E-state index in [1.54, 1.807) is 18.5 Å². The Morgan fingerprint density at radius 3 is 2.80 bits per heavy atom. The van der Waals surface area contributed by atoms with E-state index in [0.29, 0.717) is 25.9 Å². The highest BCUT2D eigenvalue weighted by atomic mass is 32.2. The highest BCUT2D eigenvalue weighted by molar-refractivity contribution is 7.89. The van der Waals surface area contributed by atoms with E-state index in [9.17, 15) is 17.6 Å². The lowest BCUT2D eigenvalue weighted by atomic mass is 9.89. The number of sulfonamides is 1. The van der Waals surface area contributed by atoms with Crippen molar-refractivity contribution in [2.75, 3.05) is 13.1 Å². The van der Waals surface area contributed by atoms with Crippen LogP contribution in [0.5, 0.6) is 0 Å². The number of hydrogen-bond acceptors (Lipinski definition) is 6. The first kappa shape index (κ1) is 20.4. The Labute approximate surface area is 173 Å². The topological polar surface area (TPSA) is 101 Å². The van der Waals surface area contributed by atoms with E-state index in [-0.39, 0.29) is 29.5 Å². The molecule has 0 saturated carbocycles. The van der Waals surface area contributed by atoms with Gasteiger partial charge in [-0.1, -0.05) is 11.2 Å². The van der Waals surface area contributed by atoms with Crippen molar-refractivity contribution in [3.63, 3.8) is 0 Å². The zero-order valence-electron chi connectivity index (χ0n) is 16.1. The Morgan fingerprint density at radius 1 is 1.27 bits per heavy atom. The fourth-order valence-electron chi connectivity index (χ4n) is 3.67. The van der Waals surface area contributed by atoms with E-state index in [4.69, 9.17) is 4.84 Å². The van der Waals surface area contributed by atoms with Gasteiger partial charge in [0.1, 0.15) is 11.5 Å². The number of nitrogens with one attached hydrogen (secondary N) is 1. The Morgan fingerprint density at radius 2 is 2.07 bits per heavy atom. The second-order valence-electron chi connectivity index (χ2n) is 7.43. The van der Waals surface area contributed by atoms with Gasteiger partial charge in [0.2, 0.25) is 10.0 Å². The minimum absolute atomic E-state index is 0.0225. The maximum absolute atomic E-state index is 13.2. The maximum atomic E-state index is 13.2. The third kappa shape index (κ3) is 4.19. The lowest BCUT2D eigenvalue weighted by Gasteiger charge is -2.37. The van der Waals surface area contributed by atoms with Gasteiger partial charge in [-0.25, -0.2) is 12.8 Å². The van der Waals surface area contributed by atoms with Crippen LogP contribution in [0.1, 0.15) is 24.8 Å². The zero-order valence-corrected chi connectivity index (χ0v) is 16.9. The molecule has 1 unspecified atom stereocenters. The van der Waals surface area contributed by atoms with Crippen LogP contribution in [-0.4, -0.2) is 48.0 Å². The van der Waals surface area contributed by atoms with E-state index in [2.05, 4.69) is 15.5 Å². The van der Waals surface area contributed by atoms with Crippen molar-refractivity contribution < 1.29 is 22.4 Å². The molecule has 30 heavy (non-hydrogen) atoms. The number of nitrogens with zero attached hydrogens (tertiary/aromatic N) is 3. The number of piperidine rings is 1. The van der Waals surface area contributed by atoms with Gasteiger partial charge in [-0.3, -0.25) is 9.78 Å². The molecule has 2 aliphatic rings. The summed E-state index contributed by atoms with van der Waals surface area (Å²) in [6.07, 6.45) is 4.69. The Kier molecular flexibility index (Phi) is 5.52. The lowest BCUT2D eigenvalue weighted by Crippen LogP contribution is -2.50. The summed E-state index contributed by atoms with van der Waals surface area (Å²) in [5.41, 5.74) is 0.223. The molecule has 1 amide bonds. The SMILES string of the molecule is O=C(NCc1cccnc1)C1=NOC2(CCCN(S(=O)(=O)c3ccc(F)cc3)C2)C1. The first-order valence-electron chi connectivity index (χ1n) is 9.56. The van der Waals surface area contributed by atoms with Crippen LogP contribution in [0.25, 0.3) is 0 Å². The molecule has 158 valence electrons. The summed E-state index contributed by atoms with van der Waals surface area (Å²) in [6, 6.07) is 8.36. The molecule has 1 fully saturated rings. The molecular weight excluding hydrogens is 411 g/mol. The fourth-order valence-corrected chi connectivity index (χ4v) is 5.22. The average Bonchev–Trinajstić information content (AvgIpc) is 3.16. The van der Waals surface area contributed by atoms with Gasteiger partial charge in [0.25, 0.3) is 5.91 Å². The Bertz CT molecular complexity index is 1060. The second-order valence-corrected chi connectivity index (χ2v) is 9.37. The molecule has 0 bridgehead atoms. The van der Waals surface area contributed by atoms with Crippen molar-refractivity contribution in [3.05, 3.63) is 60.2 Å². The summed E-state index contributed by atoms with van der Waals surface area (Å²) >= 11 is 0. The molecule has 1 aromatic heterocycles. The predicted octanol–water partition coefficient (Wildman–Crippen LogP) is 1.84. The fraction of sp³-hybridized carbons (Fsp3) is 0.350. The lowest BCUT2D eigenvalue weighted by molar-refractivity contribution is -0.115. The minimum atomic E-state index is -3.80. The standard InChI is InChI=1S/C20H21FN4O4S/c21-16-4-6-17(7-5-16)30(27,28)25-10-2-8-20(14-25)11-18(24-29-20)19(26)23-13-15-3-1-9-22-12-15/h1,3-7,9,12H,2,8,10-11,13-14H2,(H,23,26). The molecule has 1 aromatic carbocycles. The molecule has 1 atom stereocenters. The van der Waals surface area contributed by atoms with Crippen molar-refractivity contribution in [2.24, 2.45) is 5.16 Å². The predicted molar refractivity (Wildman–Crippen MR) is 106 cm³/mol. The number of aromatic nitrogens is 1. The van der Waals surface area contributed by atoms with Gasteiger partial charge in [-0.2, -0.15) is 4.31 Å². The molecule has 3 heterocycles. The number of rotatable bonds is 5. The highest BCUT2D eigenvalue weighted by Gasteiger charge is 2.47. The molecule has 10 heteroatoms. The molecule has 1 saturated heterocycles. The molecule has 8 nitrogen and oxygen atoms in total. The van der Waals surface area contributed by atoms with Gasteiger partial charge in [0.05, 0.1) is 11.4 Å². The van der Waals surface area contributed by atoms with Gasteiger partial charge >= 0.3 is 0 Å². The van der Waals surface area contributed by atoms with Gasteiger partial charge in [0.15, 0.2) is 5.60 Å². The van der Waals surface area contributed by atoms with Gasteiger partial charge in [0, 0.05) is 31.9 Å². The summed E-state index contributed by atoms with van der Waals surface area (Å²) in [6.45, 7) is 0.715. The van der Waals surface area contributed by atoms with Crippen LogP contribution in [-0.2, 0) is 26.2 Å². The van der Waals surface area contributed by atoms with Crippen LogP contribution in [0.4, 0.5) is 4.39 Å². The van der Waals surface area contributed by atoms with Crippen LogP contribution < -0.4 is 5.32 Å². The number of carbonyl (C=O) groups is 1. The molecule has 2 aliphatic heterocycles. The molecule has 2 aromatic rings. The monoisotopic (exact) mass is 432 g/mol. The van der Waals surface area contributed by atoms with Gasteiger partial charge < -0.3 is 10.2 Å². The van der Waals surface area contributed by atoms with E-state index in [0.717, 1.165) is 17.7 Å². The largest absolute Gasteiger partial charge is 0.387 e. The van der Waals surface area contributed by atoms with Crippen molar-refractivity contribution in [3.8, 4) is 0 Å². The molecule has 4 rings (SSSR count). The number of hydrogen-bond donors (Lipinski definition) is 1. The first-order chi connectivity index (χ1) is 14.4. The third-order valence-corrected chi connectivity index (χ3v) is 7.09. The number of amides is 1. The summed E-state index contributed by atoms with van der Waals surface area (Å²) in [4.78, 5) is 22.1. The number of benzene rings is 1. The minimum Gasteiger partial charge on any atom is -0.387 e. The zero-order chi connectivity index (χ0) is 21.2. The van der Waals surface area contributed by atoms with Crippen LogP contribution in [0.15, 0.2) is 58.8 Å². The van der Waals surface area contributed by atoms with E-state index < -0.39 is 21.4 Å². The average molecular weight is 432 g/mol. The van der Waals surface area contributed by atoms with Gasteiger partial charge in [-0.05, 0) is 48.7 Å².